The van der Waals surface area contributed by atoms with Gasteiger partial charge in [-0.25, -0.2) is 4.98 Å². The Balaban J connectivity index is 1.68. The second-order valence-electron chi connectivity index (χ2n) is 5.55. The summed E-state index contributed by atoms with van der Waals surface area (Å²) in [4.78, 5) is 24.3. The second-order valence-corrected chi connectivity index (χ2v) is 5.55. The molecule has 2 heterocycles. The highest BCUT2D eigenvalue weighted by Crippen LogP contribution is 2.21. The predicted octanol–water partition coefficient (Wildman–Crippen LogP) is 3.15. The van der Waals surface area contributed by atoms with E-state index in [4.69, 9.17) is 0 Å². The van der Waals surface area contributed by atoms with Crippen molar-refractivity contribution in [2.45, 2.75) is 13.3 Å². The summed E-state index contributed by atoms with van der Waals surface area (Å²) in [6, 6.07) is 13.4. The van der Waals surface area contributed by atoms with Gasteiger partial charge < -0.3 is 10.6 Å². The third kappa shape index (κ3) is 4.84. The van der Waals surface area contributed by atoms with Crippen LogP contribution in [-0.4, -0.2) is 27.4 Å². The molecule has 0 fully saturated rings. The minimum atomic E-state index is -0.104. The van der Waals surface area contributed by atoms with Crippen molar-refractivity contribution in [1.82, 2.24) is 15.0 Å². The van der Waals surface area contributed by atoms with Crippen LogP contribution in [0.15, 0.2) is 61.1 Å². The normalized spacial score (nSPS) is 10.3. The number of anilines is 2. The van der Waals surface area contributed by atoms with Crippen molar-refractivity contribution in [1.29, 1.82) is 0 Å². The third-order valence-corrected chi connectivity index (χ3v) is 3.53. The van der Waals surface area contributed by atoms with Crippen LogP contribution in [0.1, 0.15) is 12.6 Å². The molecule has 2 N–H and O–H groups in total. The first-order valence-electron chi connectivity index (χ1n) is 8.04. The van der Waals surface area contributed by atoms with Crippen molar-refractivity contribution < 1.29 is 4.79 Å². The molecule has 0 aliphatic carbocycles. The maximum absolute atomic E-state index is 11.2. The fourth-order valence-corrected chi connectivity index (χ4v) is 2.41. The summed E-state index contributed by atoms with van der Waals surface area (Å²) in [5, 5.41) is 6.04. The molecule has 126 valence electrons. The van der Waals surface area contributed by atoms with E-state index in [0.717, 1.165) is 35.6 Å². The summed E-state index contributed by atoms with van der Waals surface area (Å²) in [6.45, 7) is 2.21. The van der Waals surface area contributed by atoms with E-state index in [1.165, 1.54) is 6.92 Å². The van der Waals surface area contributed by atoms with E-state index in [0.29, 0.717) is 5.82 Å². The monoisotopic (exact) mass is 333 g/mol. The summed E-state index contributed by atoms with van der Waals surface area (Å²) in [7, 11) is 0. The van der Waals surface area contributed by atoms with Gasteiger partial charge in [-0.05, 0) is 24.3 Å². The average Bonchev–Trinajstić information content (AvgIpc) is 2.63. The van der Waals surface area contributed by atoms with Gasteiger partial charge in [-0.3, -0.25) is 14.8 Å². The maximum Gasteiger partial charge on any atom is 0.221 e. The molecule has 6 heteroatoms. The molecule has 0 aliphatic rings. The summed E-state index contributed by atoms with van der Waals surface area (Å²) < 4.78 is 0. The lowest BCUT2D eigenvalue weighted by Gasteiger charge is -2.08. The number of carbonyl (C=O) groups excluding carboxylic acids is 1. The minimum absolute atomic E-state index is 0.104. The molecular weight excluding hydrogens is 314 g/mol. The maximum atomic E-state index is 11.2. The molecule has 0 saturated carbocycles. The van der Waals surface area contributed by atoms with Crippen LogP contribution in [-0.2, 0) is 11.2 Å². The van der Waals surface area contributed by atoms with Crippen LogP contribution in [0, 0.1) is 0 Å². The number of rotatable bonds is 6. The first-order chi connectivity index (χ1) is 12.2. The van der Waals surface area contributed by atoms with Crippen molar-refractivity contribution in [2.24, 2.45) is 0 Å². The third-order valence-electron chi connectivity index (χ3n) is 3.53. The number of pyridine rings is 1. The Bertz CT molecular complexity index is 851. The molecule has 0 saturated heterocycles. The van der Waals surface area contributed by atoms with E-state index in [1.807, 2.05) is 42.5 Å². The SMILES string of the molecule is CC(=O)Nc1cccc(-c2cncc(NCCc3ccccn3)n2)c1. The van der Waals surface area contributed by atoms with Crippen LogP contribution in [0.25, 0.3) is 11.3 Å². The van der Waals surface area contributed by atoms with Gasteiger partial charge in [0.05, 0.1) is 18.1 Å². The van der Waals surface area contributed by atoms with E-state index < -0.39 is 0 Å². The number of nitrogens with one attached hydrogen (secondary N) is 2. The van der Waals surface area contributed by atoms with Crippen molar-refractivity contribution in [3.05, 3.63) is 66.7 Å². The zero-order valence-corrected chi connectivity index (χ0v) is 13.9. The molecular formula is C19H19N5O. The lowest BCUT2D eigenvalue weighted by atomic mass is 10.1. The molecule has 3 aromatic rings. The Morgan fingerprint density at radius 3 is 2.84 bits per heavy atom. The summed E-state index contributed by atoms with van der Waals surface area (Å²) >= 11 is 0. The number of benzene rings is 1. The first kappa shape index (κ1) is 16.6. The summed E-state index contributed by atoms with van der Waals surface area (Å²) in [6.07, 6.45) is 6.00. The Morgan fingerprint density at radius 1 is 1.12 bits per heavy atom. The highest BCUT2D eigenvalue weighted by molar-refractivity contribution is 5.89. The van der Waals surface area contributed by atoms with Gasteiger partial charge in [0, 0.05) is 43.0 Å². The largest absolute Gasteiger partial charge is 0.368 e. The van der Waals surface area contributed by atoms with Crippen LogP contribution in [0.5, 0.6) is 0 Å². The molecule has 3 rings (SSSR count). The summed E-state index contributed by atoms with van der Waals surface area (Å²) in [5.74, 6) is 0.603. The Morgan fingerprint density at radius 2 is 2.04 bits per heavy atom. The lowest BCUT2D eigenvalue weighted by Crippen LogP contribution is -2.08. The minimum Gasteiger partial charge on any atom is -0.368 e. The molecule has 0 atom stereocenters. The molecule has 0 unspecified atom stereocenters. The van der Waals surface area contributed by atoms with Crippen molar-refractivity contribution in [3.8, 4) is 11.3 Å². The Labute approximate surface area is 146 Å². The van der Waals surface area contributed by atoms with Gasteiger partial charge in [-0.15, -0.1) is 0 Å². The van der Waals surface area contributed by atoms with Crippen LogP contribution < -0.4 is 10.6 Å². The van der Waals surface area contributed by atoms with Crippen molar-refractivity contribution in [3.63, 3.8) is 0 Å². The molecule has 1 aromatic carbocycles. The van der Waals surface area contributed by atoms with Gasteiger partial charge >= 0.3 is 0 Å². The molecule has 2 aromatic heterocycles. The van der Waals surface area contributed by atoms with Gasteiger partial charge in [0.15, 0.2) is 0 Å². The number of nitrogens with zero attached hydrogens (tertiary/aromatic N) is 3. The van der Waals surface area contributed by atoms with Crippen LogP contribution >= 0.6 is 0 Å². The van der Waals surface area contributed by atoms with Gasteiger partial charge in [-0.2, -0.15) is 0 Å². The number of amides is 1. The van der Waals surface area contributed by atoms with Crippen molar-refractivity contribution in [2.75, 3.05) is 17.2 Å². The van der Waals surface area contributed by atoms with E-state index >= 15 is 0 Å². The topological polar surface area (TPSA) is 79.8 Å². The van der Waals surface area contributed by atoms with Gasteiger partial charge in [-0.1, -0.05) is 18.2 Å². The van der Waals surface area contributed by atoms with Gasteiger partial charge in [0.25, 0.3) is 0 Å². The second kappa shape index (κ2) is 8.01. The first-order valence-corrected chi connectivity index (χ1v) is 8.04. The molecule has 0 aliphatic heterocycles. The predicted molar refractivity (Wildman–Crippen MR) is 98.2 cm³/mol. The quantitative estimate of drug-likeness (QED) is 0.724. The fraction of sp³-hybridized carbons (Fsp3) is 0.158. The van der Waals surface area contributed by atoms with E-state index in [2.05, 4.69) is 25.6 Å². The Kier molecular flexibility index (Phi) is 5.31. The molecule has 0 bridgehead atoms. The molecule has 0 radical (unpaired) electrons. The number of aromatic nitrogens is 3. The average molecular weight is 333 g/mol. The molecule has 6 nitrogen and oxygen atoms in total. The van der Waals surface area contributed by atoms with Crippen molar-refractivity contribution >= 4 is 17.4 Å². The number of hydrogen-bond acceptors (Lipinski definition) is 5. The van der Waals surface area contributed by atoms with Gasteiger partial charge in [0.2, 0.25) is 5.91 Å². The van der Waals surface area contributed by atoms with E-state index in [9.17, 15) is 4.79 Å². The zero-order chi connectivity index (χ0) is 17.5. The highest BCUT2D eigenvalue weighted by Gasteiger charge is 2.04. The standard InChI is InChI=1S/C19H19N5O/c1-14(25)23-17-7-4-5-15(11-17)18-12-20-13-19(24-18)22-10-8-16-6-2-3-9-21-16/h2-7,9,11-13H,8,10H2,1H3,(H,22,24)(H,23,25). The van der Waals surface area contributed by atoms with E-state index in [1.54, 1.807) is 18.6 Å². The van der Waals surface area contributed by atoms with Crippen LogP contribution in [0.3, 0.4) is 0 Å². The van der Waals surface area contributed by atoms with Crippen LogP contribution in [0.4, 0.5) is 11.5 Å². The summed E-state index contributed by atoms with van der Waals surface area (Å²) in [5.41, 5.74) is 3.41. The van der Waals surface area contributed by atoms with Crippen LogP contribution in [0.2, 0.25) is 0 Å². The number of carbonyl (C=O) groups is 1. The lowest BCUT2D eigenvalue weighted by molar-refractivity contribution is -0.114. The zero-order valence-electron chi connectivity index (χ0n) is 13.9. The Hall–Kier alpha value is -3.28. The highest BCUT2D eigenvalue weighted by atomic mass is 16.1. The number of hydrogen-bond donors (Lipinski definition) is 2. The van der Waals surface area contributed by atoms with E-state index in [-0.39, 0.29) is 5.91 Å². The smallest absolute Gasteiger partial charge is 0.221 e. The molecule has 0 spiro atoms. The van der Waals surface area contributed by atoms with Gasteiger partial charge in [0.1, 0.15) is 5.82 Å². The fourth-order valence-electron chi connectivity index (χ4n) is 2.41. The molecule has 1 amide bonds. The molecule has 25 heavy (non-hydrogen) atoms.